The van der Waals surface area contributed by atoms with Gasteiger partial charge in [-0.25, -0.2) is 0 Å². The number of ether oxygens (including phenoxy) is 1. The maximum absolute atomic E-state index is 10.4. The van der Waals surface area contributed by atoms with Crippen LogP contribution < -0.4 is 0 Å². The smallest absolute Gasteiger partial charge is 0.302 e. The van der Waals surface area contributed by atoms with E-state index in [-0.39, 0.29) is 47.9 Å². The Kier molecular flexibility index (Phi) is 31.0. The molecule has 1 N–H and O–H groups in total. The fourth-order valence-corrected chi connectivity index (χ4v) is 0.881. The second kappa shape index (κ2) is 15.9. The van der Waals surface area contributed by atoms with Gasteiger partial charge in [0.15, 0.2) is 0 Å². The minimum Gasteiger partial charge on any atom is -0.463 e. The molecule has 0 spiro atoms. The molecule has 0 saturated carbocycles. The molecule has 98 valence electrons. The zero-order valence-electron chi connectivity index (χ0n) is 7.33. The van der Waals surface area contributed by atoms with Crippen molar-refractivity contribution >= 4 is 5.97 Å². The van der Waals surface area contributed by atoms with Gasteiger partial charge in [-0.05, 0) is 13.3 Å². The van der Waals surface area contributed by atoms with E-state index in [9.17, 15) is 4.79 Å². The van der Waals surface area contributed by atoms with Gasteiger partial charge in [0.1, 0.15) is 6.10 Å². The fourth-order valence-electron chi connectivity index (χ4n) is 0.881. The molecular weight excluding hydrogens is 192 g/mol. The van der Waals surface area contributed by atoms with Crippen LogP contribution in [0.3, 0.4) is 0 Å². The van der Waals surface area contributed by atoms with E-state index in [4.69, 9.17) is 9.84 Å². The summed E-state index contributed by atoms with van der Waals surface area (Å²) in [6.07, 6.45) is 0.689. The summed E-state index contributed by atoms with van der Waals surface area (Å²) >= 11 is 0. The standard InChI is InChI=1S/C8H16O3.4CH4/c1-4-8(10)5-6(2)11-7(3)9;;;;/h6,8,10H,4-5H2,1-3H3;4*1H4. The summed E-state index contributed by atoms with van der Waals surface area (Å²) in [5.74, 6) is -0.291. The molecule has 2 unspecified atom stereocenters. The van der Waals surface area contributed by atoms with Crippen LogP contribution in [0.15, 0.2) is 0 Å². The Balaban J connectivity index is -0.0000000833. The molecule has 0 aromatic rings. The molecule has 0 aliphatic rings. The lowest BCUT2D eigenvalue weighted by molar-refractivity contribution is -0.146. The topological polar surface area (TPSA) is 46.5 Å². The number of hydrogen-bond acceptors (Lipinski definition) is 3. The minimum absolute atomic E-state index is 0. The maximum Gasteiger partial charge on any atom is 0.302 e. The molecule has 0 bridgehead atoms. The Morgan fingerprint density at radius 1 is 1.27 bits per heavy atom. The zero-order chi connectivity index (χ0) is 8.85. The summed E-state index contributed by atoms with van der Waals surface area (Å²) in [4.78, 5) is 10.4. The van der Waals surface area contributed by atoms with E-state index < -0.39 is 0 Å². The van der Waals surface area contributed by atoms with Crippen molar-refractivity contribution in [1.82, 2.24) is 0 Å². The lowest BCUT2D eigenvalue weighted by Gasteiger charge is -2.14. The third-order valence-electron chi connectivity index (χ3n) is 1.44. The van der Waals surface area contributed by atoms with Gasteiger partial charge in [-0.15, -0.1) is 0 Å². The summed E-state index contributed by atoms with van der Waals surface area (Å²) in [6.45, 7) is 5.04. The SMILES string of the molecule is C.C.C.C.CCC(O)CC(C)OC(C)=O. The van der Waals surface area contributed by atoms with E-state index in [2.05, 4.69) is 0 Å². The van der Waals surface area contributed by atoms with Crippen molar-refractivity contribution in [3.05, 3.63) is 0 Å². The van der Waals surface area contributed by atoms with E-state index in [1.54, 1.807) is 6.92 Å². The van der Waals surface area contributed by atoms with Gasteiger partial charge in [-0.3, -0.25) is 4.79 Å². The quantitative estimate of drug-likeness (QED) is 0.741. The van der Waals surface area contributed by atoms with Gasteiger partial charge in [0, 0.05) is 13.3 Å². The molecule has 0 saturated heterocycles. The molecule has 0 rings (SSSR count). The van der Waals surface area contributed by atoms with Crippen LogP contribution in [0.25, 0.3) is 0 Å². The van der Waals surface area contributed by atoms with Crippen molar-refractivity contribution in [2.24, 2.45) is 0 Å². The first kappa shape index (κ1) is 29.3. The Morgan fingerprint density at radius 3 is 1.93 bits per heavy atom. The third-order valence-corrected chi connectivity index (χ3v) is 1.44. The Labute approximate surface area is 96.8 Å². The van der Waals surface area contributed by atoms with Crippen LogP contribution in [0.5, 0.6) is 0 Å². The van der Waals surface area contributed by atoms with Crippen molar-refractivity contribution in [2.75, 3.05) is 0 Å². The van der Waals surface area contributed by atoms with Crippen LogP contribution in [0.4, 0.5) is 0 Å². The highest BCUT2D eigenvalue weighted by Gasteiger charge is 2.10. The average Bonchev–Trinajstić information content (AvgIpc) is 1.85. The van der Waals surface area contributed by atoms with Crippen molar-refractivity contribution in [2.45, 2.75) is 75.5 Å². The zero-order valence-corrected chi connectivity index (χ0v) is 7.33. The number of rotatable bonds is 4. The monoisotopic (exact) mass is 224 g/mol. The molecule has 0 radical (unpaired) electrons. The first-order valence-electron chi connectivity index (χ1n) is 3.91. The van der Waals surface area contributed by atoms with Crippen LogP contribution in [0.1, 0.15) is 63.3 Å². The first-order valence-corrected chi connectivity index (χ1v) is 3.91. The van der Waals surface area contributed by atoms with Gasteiger partial charge in [-0.1, -0.05) is 36.6 Å². The van der Waals surface area contributed by atoms with Crippen LogP contribution in [0.2, 0.25) is 0 Å². The molecule has 0 aliphatic carbocycles. The van der Waals surface area contributed by atoms with Crippen molar-refractivity contribution in [3.63, 3.8) is 0 Å². The molecule has 0 heterocycles. The first-order chi connectivity index (χ1) is 5.06. The number of carbonyl (C=O) groups excluding carboxylic acids is 1. The fraction of sp³-hybridized carbons (Fsp3) is 0.917. The largest absolute Gasteiger partial charge is 0.463 e. The third kappa shape index (κ3) is 19.7. The highest BCUT2D eigenvalue weighted by Crippen LogP contribution is 2.04. The van der Waals surface area contributed by atoms with Crippen molar-refractivity contribution < 1.29 is 14.6 Å². The normalized spacial score (nSPS) is 11.5. The molecule has 2 atom stereocenters. The molecular formula is C12H32O3. The van der Waals surface area contributed by atoms with Gasteiger partial charge < -0.3 is 9.84 Å². The van der Waals surface area contributed by atoms with Crippen LogP contribution in [0, 0.1) is 0 Å². The van der Waals surface area contributed by atoms with Gasteiger partial charge in [0.25, 0.3) is 0 Å². The maximum atomic E-state index is 10.4. The molecule has 3 heteroatoms. The van der Waals surface area contributed by atoms with Crippen molar-refractivity contribution in [1.29, 1.82) is 0 Å². The minimum atomic E-state index is -0.357. The summed E-state index contributed by atoms with van der Waals surface area (Å²) in [5, 5.41) is 9.15. The number of aliphatic hydroxyl groups is 1. The summed E-state index contributed by atoms with van der Waals surface area (Å²) < 4.78 is 4.82. The van der Waals surface area contributed by atoms with Crippen LogP contribution in [-0.4, -0.2) is 23.3 Å². The second-order valence-electron chi connectivity index (χ2n) is 2.72. The molecule has 15 heavy (non-hydrogen) atoms. The molecule has 0 aromatic heterocycles. The van der Waals surface area contributed by atoms with E-state index in [1.165, 1.54) is 6.92 Å². The van der Waals surface area contributed by atoms with E-state index in [0.29, 0.717) is 12.8 Å². The van der Waals surface area contributed by atoms with Gasteiger partial charge in [0.2, 0.25) is 0 Å². The summed E-state index contributed by atoms with van der Waals surface area (Å²) in [5.41, 5.74) is 0. The van der Waals surface area contributed by atoms with E-state index in [1.807, 2.05) is 6.92 Å². The number of carbonyl (C=O) groups is 1. The number of aliphatic hydroxyl groups excluding tert-OH is 1. The van der Waals surface area contributed by atoms with E-state index in [0.717, 1.165) is 0 Å². The second-order valence-corrected chi connectivity index (χ2v) is 2.72. The molecule has 0 aromatic carbocycles. The lowest BCUT2D eigenvalue weighted by atomic mass is 10.1. The number of hydrogen-bond donors (Lipinski definition) is 1. The Hall–Kier alpha value is -0.570. The van der Waals surface area contributed by atoms with Gasteiger partial charge in [-0.2, -0.15) is 0 Å². The highest BCUT2D eigenvalue weighted by molar-refractivity contribution is 5.66. The van der Waals surface area contributed by atoms with Gasteiger partial charge >= 0.3 is 5.97 Å². The number of esters is 1. The van der Waals surface area contributed by atoms with Crippen LogP contribution in [-0.2, 0) is 9.53 Å². The summed E-state index contributed by atoms with van der Waals surface area (Å²) in [6, 6.07) is 0. The predicted molar refractivity (Wildman–Crippen MR) is 69.1 cm³/mol. The Bertz CT molecular complexity index is 124. The van der Waals surface area contributed by atoms with E-state index >= 15 is 0 Å². The molecule has 3 nitrogen and oxygen atoms in total. The van der Waals surface area contributed by atoms with Crippen molar-refractivity contribution in [3.8, 4) is 0 Å². The predicted octanol–water partition coefficient (Wildman–Crippen LogP) is 3.64. The molecule has 0 amide bonds. The molecule has 0 aliphatic heterocycles. The van der Waals surface area contributed by atoms with Crippen LogP contribution >= 0.6 is 0 Å². The van der Waals surface area contributed by atoms with Gasteiger partial charge in [0.05, 0.1) is 6.10 Å². The average molecular weight is 224 g/mol. The molecule has 0 fully saturated rings. The Morgan fingerprint density at radius 2 is 1.67 bits per heavy atom. The summed E-state index contributed by atoms with van der Waals surface area (Å²) in [7, 11) is 0. The lowest BCUT2D eigenvalue weighted by Crippen LogP contribution is -2.19. The highest BCUT2D eigenvalue weighted by atomic mass is 16.5.